The molecule has 0 amide bonds. The van der Waals surface area contributed by atoms with Crippen LogP contribution >= 0.6 is 11.6 Å². The van der Waals surface area contributed by atoms with Gasteiger partial charge >= 0.3 is 0 Å². The van der Waals surface area contributed by atoms with Crippen LogP contribution in [0.5, 0.6) is 5.75 Å². The second-order valence-electron chi connectivity index (χ2n) is 4.44. The Morgan fingerprint density at radius 1 is 1.30 bits per heavy atom. The fourth-order valence-corrected chi connectivity index (χ4v) is 2.20. The van der Waals surface area contributed by atoms with E-state index in [0.29, 0.717) is 17.0 Å². The lowest BCUT2D eigenvalue weighted by Gasteiger charge is -2.17. The maximum atomic E-state index is 13.8. The van der Waals surface area contributed by atoms with Gasteiger partial charge in [-0.15, -0.1) is 0 Å². The maximum absolute atomic E-state index is 13.8. The van der Waals surface area contributed by atoms with Crippen LogP contribution in [0.3, 0.4) is 0 Å². The van der Waals surface area contributed by atoms with E-state index in [1.807, 2.05) is 24.3 Å². The minimum absolute atomic E-state index is 0.208. The van der Waals surface area contributed by atoms with Crippen molar-refractivity contribution in [3.63, 3.8) is 0 Å². The molecule has 0 radical (unpaired) electrons. The predicted molar refractivity (Wildman–Crippen MR) is 78.2 cm³/mol. The van der Waals surface area contributed by atoms with E-state index in [9.17, 15) is 4.39 Å². The van der Waals surface area contributed by atoms with Crippen molar-refractivity contribution in [1.82, 2.24) is 5.43 Å². The quantitative estimate of drug-likeness (QED) is 0.657. The summed E-state index contributed by atoms with van der Waals surface area (Å²) in [6, 6.07) is 11.9. The van der Waals surface area contributed by atoms with Crippen LogP contribution in [0.4, 0.5) is 4.39 Å². The van der Waals surface area contributed by atoms with E-state index in [1.165, 1.54) is 6.07 Å². The molecule has 2 aromatic rings. The number of benzene rings is 2. The van der Waals surface area contributed by atoms with E-state index in [0.717, 1.165) is 11.3 Å². The highest BCUT2D eigenvalue weighted by atomic mass is 35.5. The molecule has 2 rings (SSSR count). The lowest BCUT2D eigenvalue weighted by Crippen LogP contribution is -2.29. The van der Waals surface area contributed by atoms with Gasteiger partial charge in [0.2, 0.25) is 0 Å². The van der Waals surface area contributed by atoms with E-state index in [4.69, 9.17) is 22.2 Å². The van der Waals surface area contributed by atoms with Crippen molar-refractivity contribution in [2.24, 2.45) is 5.84 Å². The highest BCUT2D eigenvalue weighted by Gasteiger charge is 2.14. The number of hydrazine groups is 1. The van der Waals surface area contributed by atoms with E-state index < -0.39 is 0 Å². The van der Waals surface area contributed by atoms with Crippen LogP contribution in [0.1, 0.15) is 17.2 Å². The van der Waals surface area contributed by atoms with Crippen LogP contribution in [0, 0.1) is 5.82 Å². The van der Waals surface area contributed by atoms with Gasteiger partial charge in [-0.25, -0.2) is 4.39 Å². The van der Waals surface area contributed by atoms with Crippen LogP contribution in [0.2, 0.25) is 5.02 Å². The summed E-state index contributed by atoms with van der Waals surface area (Å²) in [5, 5.41) is 0.380. The molecule has 20 heavy (non-hydrogen) atoms. The highest BCUT2D eigenvalue weighted by molar-refractivity contribution is 6.30. The van der Waals surface area contributed by atoms with Crippen molar-refractivity contribution in [2.45, 2.75) is 12.5 Å². The number of nitrogens with one attached hydrogen (secondary N) is 1. The SMILES string of the molecule is COc1cccc(C(Cc2ccc(Cl)cc2F)NN)c1. The summed E-state index contributed by atoms with van der Waals surface area (Å²) in [4.78, 5) is 0. The van der Waals surface area contributed by atoms with Gasteiger partial charge in [-0.1, -0.05) is 29.8 Å². The molecule has 0 aliphatic rings. The van der Waals surface area contributed by atoms with Gasteiger partial charge < -0.3 is 4.74 Å². The van der Waals surface area contributed by atoms with Gasteiger partial charge in [0.15, 0.2) is 0 Å². The Kier molecular flexibility index (Phi) is 4.95. The van der Waals surface area contributed by atoms with Gasteiger partial charge in [-0.2, -0.15) is 0 Å². The Bertz CT molecular complexity index is 592. The summed E-state index contributed by atoms with van der Waals surface area (Å²) >= 11 is 5.75. The number of methoxy groups -OCH3 is 1. The largest absolute Gasteiger partial charge is 0.497 e. The van der Waals surface area contributed by atoms with Gasteiger partial charge in [0.1, 0.15) is 11.6 Å². The molecular formula is C15H16ClFN2O. The fraction of sp³-hybridized carbons (Fsp3) is 0.200. The first-order valence-electron chi connectivity index (χ1n) is 6.18. The molecule has 5 heteroatoms. The van der Waals surface area contributed by atoms with E-state index in [2.05, 4.69) is 5.43 Å². The molecule has 0 aliphatic heterocycles. The molecule has 106 valence electrons. The zero-order valence-electron chi connectivity index (χ0n) is 11.1. The van der Waals surface area contributed by atoms with Gasteiger partial charge in [0.25, 0.3) is 0 Å². The molecule has 0 heterocycles. The Balaban J connectivity index is 2.23. The first-order valence-corrected chi connectivity index (χ1v) is 6.56. The Hall–Kier alpha value is -1.62. The Morgan fingerprint density at radius 3 is 2.75 bits per heavy atom. The molecule has 0 fully saturated rings. The number of halogens is 2. The normalized spacial score (nSPS) is 12.2. The fourth-order valence-electron chi connectivity index (χ4n) is 2.04. The standard InChI is InChI=1S/C15H16ClFN2O/c1-20-13-4-2-3-11(7-13)15(19-18)8-10-5-6-12(16)9-14(10)17/h2-7,9,15,19H,8,18H2,1H3. The molecule has 0 aromatic heterocycles. The molecule has 1 atom stereocenters. The van der Waals surface area contributed by atoms with E-state index in [-0.39, 0.29) is 11.9 Å². The average molecular weight is 295 g/mol. The first-order chi connectivity index (χ1) is 9.63. The molecule has 2 aromatic carbocycles. The summed E-state index contributed by atoms with van der Waals surface area (Å²) in [7, 11) is 1.60. The van der Waals surface area contributed by atoms with E-state index in [1.54, 1.807) is 19.2 Å². The number of hydrogen-bond donors (Lipinski definition) is 2. The molecule has 3 N–H and O–H groups in total. The topological polar surface area (TPSA) is 47.3 Å². The van der Waals surface area contributed by atoms with Gasteiger partial charge in [-0.3, -0.25) is 11.3 Å². The van der Waals surface area contributed by atoms with Crippen LogP contribution < -0.4 is 16.0 Å². The number of hydrogen-bond acceptors (Lipinski definition) is 3. The summed E-state index contributed by atoms with van der Waals surface area (Å²) in [6.45, 7) is 0. The van der Waals surface area contributed by atoms with Crippen molar-refractivity contribution in [3.05, 3.63) is 64.4 Å². The smallest absolute Gasteiger partial charge is 0.127 e. The van der Waals surface area contributed by atoms with Crippen LogP contribution in [0.15, 0.2) is 42.5 Å². The lowest BCUT2D eigenvalue weighted by molar-refractivity contribution is 0.413. The molecule has 0 bridgehead atoms. The minimum Gasteiger partial charge on any atom is -0.497 e. The summed E-state index contributed by atoms with van der Waals surface area (Å²) in [5.74, 6) is 5.99. The molecule has 3 nitrogen and oxygen atoms in total. The van der Waals surface area contributed by atoms with Crippen molar-refractivity contribution in [1.29, 1.82) is 0 Å². The Labute approximate surface area is 122 Å². The van der Waals surface area contributed by atoms with Crippen molar-refractivity contribution in [2.75, 3.05) is 7.11 Å². The molecule has 0 saturated heterocycles. The third-order valence-corrected chi connectivity index (χ3v) is 3.37. The van der Waals surface area contributed by atoms with Crippen molar-refractivity contribution >= 4 is 11.6 Å². The third kappa shape index (κ3) is 3.48. The minimum atomic E-state index is -0.333. The monoisotopic (exact) mass is 294 g/mol. The van der Waals surface area contributed by atoms with Crippen molar-refractivity contribution < 1.29 is 9.13 Å². The molecule has 0 aliphatic carbocycles. The van der Waals surface area contributed by atoms with E-state index >= 15 is 0 Å². The maximum Gasteiger partial charge on any atom is 0.127 e. The zero-order valence-corrected chi connectivity index (χ0v) is 11.8. The predicted octanol–water partition coefficient (Wildman–Crippen LogP) is 3.23. The summed E-state index contributed by atoms with van der Waals surface area (Å²) in [5.41, 5.74) is 4.19. The lowest BCUT2D eigenvalue weighted by atomic mass is 9.99. The highest BCUT2D eigenvalue weighted by Crippen LogP contribution is 2.24. The first kappa shape index (κ1) is 14.8. The molecule has 0 spiro atoms. The van der Waals surface area contributed by atoms with Gasteiger partial charge in [0, 0.05) is 5.02 Å². The summed E-state index contributed by atoms with van der Waals surface area (Å²) < 4.78 is 19.0. The van der Waals surface area contributed by atoms with Crippen LogP contribution in [-0.2, 0) is 6.42 Å². The van der Waals surface area contributed by atoms with Gasteiger partial charge in [0.05, 0.1) is 13.2 Å². The number of ether oxygens (including phenoxy) is 1. The number of nitrogens with two attached hydrogens (primary N) is 1. The molecule has 1 unspecified atom stereocenters. The Morgan fingerprint density at radius 2 is 2.10 bits per heavy atom. The molecule has 0 saturated carbocycles. The summed E-state index contributed by atoms with van der Waals surface area (Å²) in [6.07, 6.45) is 0.423. The third-order valence-electron chi connectivity index (χ3n) is 3.14. The number of rotatable bonds is 5. The average Bonchev–Trinajstić information content (AvgIpc) is 2.46. The second-order valence-corrected chi connectivity index (χ2v) is 4.87. The van der Waals surface area contributed by atoms with Crippen LogP contribution in [-0.4, -0.2) is 7.11 Å². The van der Waals surface area contributed by atoms with Crippen molar-refractivity contribution in [3.8, 4) is 5.75 Å². The zero-order chi connectivity index (χ0) is 14.5. The van der Waals surface area contributed by atoms with Gasteiger partial charge in [-0.05, 0) is 41.8 Å². The molecular weight excluding hydrogens is 279 g/mol. The second kappa shape index (κ2) is 6.70. The van der Waals surface area contributed by atoms with Crippen LogP contribution in [0.25, 0.3) is 0 Å².